The van der Waals surface area contributed by atoms with Crippen LogP contribution < -0.4 is 10.5 Å². The predicted molar refractivity (Wildman–Crippen MR) is 98.9 cm³/mol. The molecule has 2 aromatic rings. The van der Waals surface area contributed by atoms with Crippen molar-refractivity contribution in [2.24, 2.45) is 10.7 Å². The van der Waals surface area contributed by atoms with Gasteiger partial charge >= 0.3 is 6.18 Å². The van der Waals surface area contributed by atoms with E-state index in [1.165, 1.54) is 13.2 Å². The number of amidine groups is 1. The molecular weight excluding hydrogens is 420 g/mol. The maximum atomic E-state index is 14.5. The maximum Gasteiger partial charge on any atom is 0.390 e. The van der Waals surface area contributed by atoms with E-state index >= 15 is 0 Å². The zero-order chi connectivity index (χ0) is 20.7. The third kappa shape index (κ3) is 4.30. The van der Waals surface area contributed by atoms with Gasteiger partial charge in [-0.1, -0.05) is 12.1 Å². The average molecular weight is 436 g/mol. The van der Waals surface area contributed by atoms with Gasteiger partial charge in [-0.3, -0.25) is 4.99 Å². The number of sulfone groups is 1. The number of methoxy groups -OCH3 is 1. The van der Waals surface area contributed by atoms with Gasteiger partial charge in [0.05, 0.1) is 24.2 Å². The van der Waals surface area contributed by atoms with Crippen molar-refractivity contribution in [1.82, 2.24) is 0 Å². The Hall–Kier alpha value is -2.14. The van der Waals surface area contributed by atoms with Crippen LogP contribution >= 0.6 is 11.3 Å². The molecular formula is C17H16F4N2O3S2. The first-order valence-corrected chi connectivity index (χ1v) is 10.6. The monoisotopic (exact) mass is 436 g/mol. The van der Waals surface area contributed by atoms with Crippen LogP contribution in [-0.4, -0.2) is 38.5 Å². The fourth-order valence-electron chi connectivity index (χ4n) is 2.93. The summed E-state index contributed by atoms with van der Waals surface area (Å²) in [5.74, 6) is -1.51. The van der Waals surface area contributed by atoms with E-state index in [4.69, 9.17) is 10.5 Å². The number of nitrogens with zero attached hydrogens (tertiary/aromatic N) is 1. The summed E-state index contributed by atoms with van der Waals surface area (Å²) < 4.78 is 82.2. The van der Waals surface area contributed by atoms with Crippen LogP contribution in [0.3, 0.4) is 0 Å². The highest BCUT2D eigenvalue weighted by molar-refractivity contribution is 7.92. The van der Waals surface area contributed by atoms with Gasteiger partial charge in [-0.05, 0) is 23.8 Å². The van der Waals surface area contributed by atoms with E-state index in [-0.39, 0.29) is 4.88 Å². The highest BCUT2D eigenvalue weighted by Crippen LogP contribution is 2.39. The summed E-state index contributed by atoms with van der Waals surface area (Å²) >= 11 is 0.976. The fourth-order valence-corrected chi connectivity index (χ4v) is 5.89. The van der Waals surface area contributed by atoms with Crippen LogP contribution in [0.2, 0.25) is 0 Å². The molecule has 0 saturated heterocycles. The Morgan fingerprint density at radius 2 is 2.04 bits per heavy atom. The molecule has 0 radical (unpaired) electrons. The van der Waals surface area contributed by atoms with E-state index in [2.05, 4.69) is 4.99 Å². The minimum atomic E-state index is -4.71. The second-order valence-corrected chi connectivity index (χ2v) is 9.57. The summed E-state index contributed by atoms with van der Waals surface area (Å²) in [7, 11) is -2.75. The molecule has 5 nitrogen and oxygen atoms in total. The van der Waals surface area contributed by atoms with Crippen LogP contribution in [0.1, 0.15) is 17.3 Å². The summed E-state index contributed by atoms with van der Waals surface area (Å²) in [6.07, 6.45) is -6.32. The van der Waals surface area contributed by atoms with Gasteiger partial charge in [-0.25, -0.2) is 12.8 Å². The Balaban J connectivity index is 1.95. The van der Waals surface area contributed by atoms with Gasteiger partial charge in [-0.2, -0.15) is 13.2 Å². The molecule has 0 bridgehead atoms. The Morgan fingerprint density at radius 3 is 2.64 bits per heavy atom. The molecule has 0 aliphatic carbocycles. The van der Waals surface area contributed by atoms with Crippen molar-refractivity contribution in [2.45, 2.75) is 23.9 Å². The van der Waals surface area contributed by atoms with Gasteiger partial charge in [0.2, 0.25) is 0 Å². The molecule has 3 rings (SSSR count). The SMILES string of the molecule is COc1cccc(-c2cc(F)c(C3CS(=O)(=O)C(CC(F)(F)F)C(N)=N3)s2)c1. The van der Waals surface area contributed by atoms with Crippen molar-refractivity contribution in [1.29, 1.82) is 0 Å². The highest BCUT2D eigenvalue weighted by atomic mass is 32.2. The van der Waals surface area contributed by atoms with Crippen LogP contribution in [0.5, 0.6) is 5.75 Å². The lowest BCUT2D eigenvalue weighted by atomic mass is 10.1. The Bertz CT molecular complexity index is 1020. The number of aliphatic imine (C=N–C) groups is 1. The maximum absolute atomic E-state index is 14.5. The molecule has 1 aromatic carbocycles. The summed E-state index contributed by atoms with van der Waals surface area (Å²) in [6.45, 7) is 0. The molecule has 1 aromatic heterocycles. The first-order valence-electron chi connectivity index (χ1n) is 8.05. The Labute approximate surface area is 162 Å². The van der Waals surface area contributed by atoms with Crippen molar-refractivity contribution >= 4 is 27.0 Å². The van der Waals surface area contributed by atoms with Gasteiger partial charge in [0, 0.05) is 4.88 Å². The summed E-state index contributed by atoms with van der Waals surface area (Å²) in [6, 6.07) is 6.89. The molecule has 1 aliphatic rings. The molecule has 2 atom stereocenters. The quantitative estimate of drug-likeness (QED) is 0.741. The smallest absolute Gasteiger partial charge is 0.390 e. The van der Waals surface area contributed by atoms with Crippen LogP contribution in [0.4, 0.5) is 17.6 Å². The second-order valence-electron chi connectivity index (χ2n) is 6.26. The molecule has 2 N–H and O–H groups in total. The van der Waals surface area contributed by atoms with Crippen LogP contribution in [0, 0.1) is 5.82 Å². The molecule has 0 spiro atoms. The van der Waals surface area contributed by atoms with E-state index in [1.807, 2.05) is 0 Å². The number of alkyl halides is 3. The lowest BCUT2D eigenvalue weighted by Crippen LogP contribution is -2.45. The van der Waals surface area contributed by atoms with Gasteiger partial charge in [0.25, 0.3) is 0 Å². The van der Waals surface area contributed by atoms with Gasteiger partial charge in [0.1, 0.15) is 28.7 Å². The lowest BCUT2D eigenvalue weighted by Gasteiger charge is -2.26. The van der Waals surface area contributed by atoms with Crippen molar-refractivity contribution < 1.29 is 30.7 Å². The van der Waals surface area contributed by atoms with E-state index in [0.29, 0.717) is 16.2 Å². The first kappa shape index (κ1) is 20.6. The molecule has 152 valence electrons. The largest absolute Gasteiger partial charge is 0.497 e. The number of halogens is 4. The Kier molecular flexibility index (Phi) is 5.41. The van der Waals surface area contributed by atoms with Gasteiger partial charge < -0.3 is 10.5 Å². The van der Waals surface area contributed by atoms with Crippen molar-refractivity contribution in [2.75, 3.05) is 12.9 Å². The number of hydrogen-bond acceptors (Lipinski definition) is 6. The molecule has 11 heteroatoms. The zero-order valence-electron chi connectivity index (χ0n) is 14.5. The second kappa shape index (κ2) is 7.36. The molecule has 0 amide bonds. The van der Waals surface area contributed by atoms with Crippen molar-refractivity contribution in [3.05, 3.63) is 41.0 Å². The number of thiophene rings is 1. The minimum absolute atomic E-state index is 0.00908. The molecule has 1 aliphatic heterocycles. The van der Waals surface area contributed by atoms with E-state index in [0.717, 1.165) is 11.3 Å². The minimum Gasteiger partial charge on any atom is -0.497 e. The number of hydrogen-bond donors (Lipinski definition) is 1. The highest BCUT2D eigenvalue weighted by Gasteiger charge is 2.44. The zero-order valence-corrected chi connectivity index (χ0v) is 16.2. The lowest BCUT2D eigenvalue weighted by molar-refractivity contribution is -0.132. The van der Waals surface area contributed by atoms with Crippen LogP contribution in [0.15, 0.2) is 35.3 Å². The molecule has 28 heavy (non-hydrogen) atoms. The van der Waals surface area contributed by atoms with Gasteiger partial charge in [-0.15, -0.1) is 11.3 Å². The van der Waals surface area contributed by atoms with E-state index < -0.39 is 51.1 Å². The van der Waals surface area contributed by atoms with E-state index in [1.54, 1.807) is 24.3 Å². The summed E-state index contributed by atoms with van der Waals surface area (Å²) in [5, 5.41) is -1.94. The Morgan fingerprint density at radius 1 is 1.32 bits per heavy atom. The van der Waals surface area contributed by atoms with Crippen molar-refractivity contribution in [3.63, 3.8) is 0 Å². The van der Waals surface area contributed by atoms with Crippen LogP contribution in [-0.2, 0) is 9.84 Å². The predicted octanol–water partition coefficient (Wildman–Crippen LogP) is 3.71. The number of benzene rings is 1. The summed E-state index contributed by atoms with van der Waals surface area (Å²) in [5.41, 5.74) is 6.18. The van der Waals surface area contributed by atoms with Gasteiger partial charge in [0.15, 0.2) is 9.84 Å². The van der Waals surface area contributed by atoms with E-state index in [9.17, 15) is 26.0 Å². The van der Waals surface area contributed by atoms with Crippen LogP contribution in [0.25, 0.3) is 10.4 Å². The third-order valence-electron chi connectivity index (χ3n) is 4.25. The normalized spacial score (nSPS) is 22.0. The standard InChI is InChI=1S/C17H16F4N2O3S2/c1-26-10-4-2-3-9(5-10)13-6-11(18)15(27-13)12-8-28(24,25)14(16(22)23-12)7-17(19,20)21/h2-6,12,14H,7-8H2,1H3,(H2,22,23). The molecule has 0 saturated carbocycles. The fraction of sp³-hybridized carbons (Fsp3) is 0.353. The van der Waals surface area contributed by atoms with Crippen molar-refractivity contribution in [3.8, 4) is 16.2 Å². The topological polar surface area (TPSA) is 81.8 Å². The average Bonchev–Trinajstić information content (AvgIpc) is 2.99. The molecule has 2 unspecified atom stereocenters. The number of rotatable bonds is 4. The third-order valence-corrected chi connectivity index (χ3v) is 7.56. The molecule has 2 heterocycles. The summed E-state index contributed by atoms with van der Waals surface area (Å²) in [4.78, 5) is 4.39. The molecule has 0 fully saturated rings. The number of ether oxygens (including phenoxy) is 1. The number of nitrogens with two attached hydrogens (primary N) is 1. The first-order chi connectivity index (χ1) is 13.0.